The average Bonchev–Trinajstić information content (AvgIpc) is 2.93. The third-order valence-electron chi connectivity index (χ3n) is 4.24. The maximum Gasteiger partial charge on any atom is 0.237 e. The zero-order valence-electron chi connectivity index (χ0n) is 14.9. The molecule has 3 rings (SSSR count). The summed E-state index contributed by atoms with van der Waals surface area (Å²) in [4.78, 5) is 16.5. The van der Waals surface area contributed by atoms with E-state index < -0.39 is 6.04 Å². The third-order valence-corrected chi connectivity index (χ3v) is 4.24. The van der Waals surface area contributed by atoms with Crippen molar-refractivity contribution in [2.75, 3.05) is 6.54 Å². The molecule has 0 aliphatic heterocycles. The highest BCUT2D eigenvalue weighted by Crippen LogP contribution is 2.17. The number of nitrogens with zero attached hydrogens (tertiary/aromatic N) is 2. The Hall–Kier alpha value is -2.15. The van der Waals surface area contributed by atoms with Crippen molar-refractivity contribution >= 4 is 41.8 Å². The summed E-state index contributed by atoms with van der Waals surface area (Å²) in [7, 11) is 1.84. The van der Waals surface area contributed by atoms with Gasteiger partial charge in [0.15, 0.2) is 5.82 Å². The van der Waals surface area contributed by atoms with Gasteiger partial charge >= 0.3 is 0 Å². The van der Waals surface area contributed by atoms with E-state index in [4.69, 9.17) is 5.73 Å². The fourth-order valence-corrected chi connectivity index (χ4v) is 2.84. The molecule has 0 spiro atoms. The molecule has 3 N–H and O–H groups in total. The first-order valence-corrected chi connectivity index (χ1v) is 8.23. The van der Waals surface area contributed by atoms with E-state index in [0.29, 0.717) is 24.9 Å². The van der Waals surface area contributed by atoms with E-state index in [9.17, 15) is 9.18 Å². The van der Waals surface area contributed by atoms with Crippen molar-refractivity contribution in [2.24, 2.45) is 12.8 Å². The van der Waals surface area contributed by atoms with Crippen molar-refractivity contribution in [3.8, 4) is 0 Å². The van der Waals surface area contributed by atoms with E-state index in [-0.39, 0.29) is 36.5 Å². The lowest BCUT2D eigenvalue weighted by molar-refractivity contribution is -0.122. The molecule has 0 saturated heterocycles. The summed E-state index contributed by atoms with van der Waals surface area (Å²) in [6.45, 7) is 0.403. The first-order chi connectivity index (χ1) is 12.1. The smallest absolute Gasteiger partial charge is 0.237 e. The average molecular weight is 413 g/mol. The lowest BCUT2D eigenvalue weighted by Gasteiger charge is -2.12. The molecular formula is C19H23Cl2FN4O. The highest BCUT2D eigenvalue weighted by Gasteiger charge is 2.15. The normalized spacial score (nSPS) is 11.4. The molecule has 0 radical (unpaired) electrons. The van der Waals surface area contributed by atoms with Gasteiger partial charge in [0.2, 0.25) is 5.91 Å². The summed E-state index contributed by atoms with van der Waals surface area (Å²) >= 11 is 0. The Morgan fingerprint density at radius 1 is 1.19 bits per heavy atom. The molecule has 5 nitrogen and oxygen atoms in total. The maximum absolute atomic E-state index is 13.8. The number of imidazole rings is 1. The number of hydrogen-bond acceptors (Lipinski definition) is 3. The second kappa shape index (κ2) is 10.3. The van der Waals surface area contributed by atoms with Crippen molar-refractivity contribution in [1.82, 2.24) is 14.9 Å². The van der Waals surface area contributed by atoms with E-state index in [1.807, 2.05) is 48.0 Å². The largest absolute Gasteiger partial charge is 0.354 e. The fraction of sp³-hybridized carbons (Fsp3) is 0.263. The summed E-state index contributed by atoms with van der Waals surface area (Å²) in [6.07, 6.45) is 0.999. The maximum atomic E-state index is 13.8. The molecule has 1 heterocycles. The molecular weight excluding hydrogens is 390 g/mol. The molecule has 8 heteroatoms. The van der Waals surface area contributed by atoms with Gasteiger partial charge in [0.05, 0.1) is 11.6 Å². The van der Waals surface area contributed by atoms with Crippen molar-refractivity contribution < 1.29 is 9.18 Å². The topological polar surface area (TPSA) is 72.9 Å². The van der Waals surface area contributed by atoms with Crippen LogP contribution in [0.1, 0.15) is 11.4 Å². The number of carbonyl (C=O) groups is 1. The van der Waals surface area contributed by atoms with Crippen LogP contribution < -0.4 is 11.1 Å². The zero-order chi connectivity index (χ0) is 17.8. The molecule has 1 amide bonds. The summed E-state index contributed by atoms with van der Waals surface area (Å²) in [5, 5.41) is 2.83. The SMILES string of the molecule is Cl.Cl.Cn1c(CCNC(=O)C(N)Cc2ccccc2)nc2c(F)cccc21. The molecule has 0 bridgehead atoms. The highest BCUT2D eigenvalue weighted by molar-refractivity contribution is 5.85. The lowest BCUT2D eigenvalue weighted by atomic mass is 10.1. The Kier molecular flexibility index (Phi) is 8.69. The van der Waals surface area contributed by atoms with Crippen LogP contribution >= 0.6 is 24.8 Å². The number of para-hydroxylation sites is 1. The van der Waals surface area contributed by atoms with E-state index in [2.05, 4.69) is 10.3 Å². The van der Waals surface area contributed by atoms with Gasteiger partial charge in [0, 0.05) is 20.0 Å². The minimum atomic E-state index is -0.597. The summed E-state index contributed by atoms with van der Waals surface area (Å²) < 4.78 is 15.6. The molecule has 2 aromatic carbocycles. The van der Waals surface area contributed by atoms with Crippen molar-refractivity contribution in [3.63, 3.8) is 0 Å². The number of fused-ring (bicyclic) bond motifs is 1. The van der Waals surface area contributed by atoms with E-state index in [0.717, 1.165) is 16.9 Å². The van der Waals surface area contributed by atoms with E-state index >= 15 is 0 Å². The number of nitrogens with one attached hydrogen (secondary N) is 1. The monoisotopic (exact) mass is 412 g/mol. The van der Waals surface area contributed by atoms with Crippen LogP contribution in [-0.4, -0.2) is 28.0 Å². The summed E-state index contributed by atoms with van der Waals surface area (Å²) in [5.41, 5.74) is 8.07. The predicted molar refractivity (Wildman–Crippen MR) is 110 cm³/mol. The number of aromatic nitrogens is 2. The van der Waals surface area contributed by atoms with Gasteiger partial charge in [0.25, 0.3) is 0 Å². The van der Waals surface area contributed by atoms with Crippen LogP contribution in [0.25, 0.3) is 11.0 Å². The Morgan fingerprint density at radius 3 is 2.56 bits per heavy atom. The van der Waals surface area contributed by atoms with Crippen LogP contribution in [-0.2, 0) is 24.7 Å². The number of benzene rings is 2. The number of halogens is 3. The van der Waals surface area contributed by atoms with Gasteiger partial charge in [-0.1, -0.05) is 36.4 Å². The second-order valence-electron chi connectivity index (χ2n) is 6.03. The van der Waals surface area contributed by atoms with Crippen molar-refractivity contribution in [1.29, 1.82) is 0 Å². The van der Waals surface area contributed by atoms with E-state index in [1.54, 1.807) is 6.07 Å². The zero-order valence-corrected chi connectivity index (χ0v) is 16.5. The molecule has 0 fully saturated rings. The quantitative estimate of drug-likeness (QED) is 0.653. The van der Waals surface area contributed by atoms with Crippen LogP contribution in [0.5, 0.6) is 0 Å². The summed E-state index contributed by atoms with van der Waals surface area (Å²) in [5.74, 6) is 0.180. The Balaban J connectivity index is 0.00000182. The molecule has 1 atom stereocenters. The number of carbonyl (C=O) groups excluding carboxylic acids is 1. The first-order valence-electron chi connectivity index (χ1n) is 8.23. The van der Waals surface area contributed by atoms with Crippen molar-refractivity contribution in [2.45, 2.75) is 18.9 Å². The Morgan fingerprint density at radius 2 is 1.89 bits per heavy atom. The minimum absolute atomic E-state index is 0. The second-order valence-corrected chi connectivity index (χ2v) is 6.03. The van der Waals surface area contributed by atoms with Gasteiger partial charge < -0.3 is 15.6 Å². The van der Waals surface area contributed by atoms with E-state index in [1.165, 1.54) is 6.07 Å². The minimum Gasteiger partial charge on any atom is -0.354 e. The van der Waals surface area contributed by atoms with Gasteiger partial charge in [-0.2, -0.15) is 0 Å². The van der Waals surface area contributed by atoms with Gasteiger partial charge in [0.1, 0.15) is 11.3 Å². The number of rotatable bonds is 6. The van der Waals surface area contributed by atoms with Crippen LogP contribution in [0.2, 0.25) is 0 Å². The Labute approximate surface area is 170 Å². The van der Waals surface area contributed by atoms with Gasteiger partial charge in [-0.25, -0.2) is 9.37 Å². The number of aryl methyl sites for hydroxylation is 1. The van der Waals surface area contributed by atoms with Gasteiger partial charge in [-0.3, -0.25) is 4.79 Å². The van der Waals surface area contributed by atoms with Crippen molar-refractivity contribution in [3.05, 3.63) is 65.7 Å². The van der Waals surface area contributed by atoms with Crippen LogP contribution in [0.3, 0.4) is 0 Å². The molecule has 27 heavy (non-hydrogen) atoms. The molecule has 3 aromatic rings. The molecule has 1 unspecified atom stereocenters. The molecule has 0 aliphatic carbocycles. The standard InChI is InChI=1S/C19H21FN4O.2ClH/c1-24-16-9-5-8-14(20)18(16)23-17(24)10-11-22-19(25)15(21)12-13-6-3-2-4-7-13;;/h2-9,15H,10-12,21H2,1H3,(H,22,25);2*1H. The molecule has 146 valence electrons. The number of amides is 1. The van der Waals surface area contributed by atoms with Crippen LogP contribution in [0.15, 0.2) is 48.5 Å². The van der Waals surface area contributed by atoms with Gasteiger partial charge in [-0.15, -0.1) is 24.8 Å². The third kappa shape index (κ3) is 5.42. The summed E-state index contributed by atoms with van der Waals surface area (Å²) in [6, 6.07) is 13.9. The molecule has 0 aliphatic rings. The van der Waals surface area contributed by atoms with Crippen LogP contribution in [0.4, 0.5) is 4.39 Å². The number of hydrogen-bond donors (Lipinski definition) is 2. The molecule has 1 aromatic heterocycles. The predicted octanol–water partition coefficient (Wildman–Crippen LogP) is 2.78. The van der Waals surface area contributed by atoms with Gasteiger partial charge in [-0.05, 0) is 24.1 Å². The Bertz CT molecular complexity index is 886. The fourth-order valence-electron chi connectivity index (χ4n) is 2.84. The first kappa shape index (κ1) is 22.9. The molecule has 0 saturated carbocycles. The number of nitrogens with two attached hydrogens (primary N) is 1. The highest BCUT2D eigenvalue weighted by atomic mass is 35.5. The van der Waals surface area contributed by atoms with Crippen LogP contribution in [0, 0.1) is 5.82 Å². The lowest BCUT2D eigenvalue weighted by Crippen LogP contribution is -2.42.